The topological polar surface area (TPSA) is 51.8 Å². The third kappa shape index (κ3) is 13.5. The van der Waals surface area contributed by atoms with Gasteiger partial charge in [0, 0.05) is 33.4 Å². The zero-order valence-electron chi connectivity index (χ0n) is 10.8. The van der Waals surface area contributed by atoms with Gasteiger partial charge in [-0.3, -0.25) is 0 Å². The van der Waals surface area contributed by atoms with Crippen molar-refractivity contribution in [3.63, 3.8) is 0 Å². The summed E-state index contributed by atoms with van der Waals surface area (Å²) in [5.74, 6) is 0. The lowest BCUT2D eigenvalue weighted by Gasteiger charge is -2.10. The van der Waals surface area contributed by atoms with E-state index in [2.05, 4.69) is 10.6 Å². The van der Waals surface area contributed by atoms with E-state index in [0.29, 0.717) is 31.5 Å². The highest BCUT2D eigenvalue weighted by Crippen LogP contribution is 1.80. The quantitative estimate of drug-likeness (QED) is 0.420. The maximum absolute atomic E-state index is 5.29. The molecule has 0 aliphatic heterocycles. The van der Waals surface area contributed by atoms with Crippen LogP contribution in [0.25, 0.3) is 0 Å². The van der Waals surface area contributed by atoms with Crippen LogP contribution in [-0.4, -0.2) is 58.3 Å². The van der Waals surface area contributed by atoms with Gasteiger partial charge in [-0.15, -0.1) is 0 Å². The molecule has 0 saturated carbocycles. The van der Waals surface area contributed by atoms with E-state index in [1.165, 1.54) is 0 Å². The number of thiocarbonyl (C=S) groups is 1. The highest BCUT2D eigenvalue weighted by atomic mass is 32.1. The Labute approximate surface area is 109 Å². The van der Waals surface area contributed by atoms with E-state index in [1.54, 1.807) is 7.11 Å². The molecular weight excluding hydrogens is 240 g/mol. The molecule has 0 heterocycles. The van der Waals surface area contributed by atoms with Crippen molar-refractivity contribution in [2.75, 3.05) is 53.2 Å². The average Bonchev–Trinajstić information content (AvgIpc) is 2.33. The van der Waals surface area contributed by atoms with Crippen LogP contribution in [0.5, 0.6) is 0 Å². The largest absolute Gasteiger partial charge is 0.382 e. The molecule has 0 aromatic carbocycles. The first-order valence-electron chi connectivity index (χ1n) is 5.97. The highest BCUT2D eigenvalue weighted by Gasteiger charge is 1.94. The molecule has 0 radical (unpaired) electrons. The zero-order valence-corrected chi connectivity index (χ0v) is 11.6. The molecule has 0 aromatic heterocycles. The van der Waals surface area contributed by atoms with Gasteiger partial charge in [-0.1, -0.05) is 0 Å². The van der Waals surface area contributed by atoms with Gasteiger partial charge >= 0.3 is 0 Å². The van der Waals surface area contributed by atoms with Crippen molar-refractivity contribution in [3.05, 3.63) is 0 Å². The van der Waals surface area contributed by atoms with Crippen molar-refractivity contribution in [1.29, 1.82) is 0 Å². The first kappa shape index (κ1) is 16.6. The minimum Gasteiger partial charge on any atom is -0.382 e. The van der Waals surface area contributed by atoms with E-state index in [0.717, 1.165) is 26.2 Å². The second-order valence-corrected chi connectivity index (χ2v) is 3.75. The highest BCUT2D eigenvalue weighted by molar-refractivity contribution is 7.80. The van der Waals surface area contributed by atoms with Crippen LogP contribution in [0.1, 0.15) is 13.3 Å². The number of nitrogens with one attached hydrogen (secondary N) is 2. The second kappa shape index (κ2) is 13.6. The summed E-state index contributed by atoms with van der Waals surface area (Å²) in [4.78, 5) is 0. The van der Waals surface area contributed by atoms with Gasteiger partial charge < -0.3 is 24.8 Å². The van der Waals surface area contributed by atoms with Gasteiger partial charge in [-0.05, 0) is 25.6 Å². The number of hydrogen-bond acceptors (Lipinski definition) is 4. The van der Waals surface area contributed by atoms with Gasteiger partial charge in [0.05, 0.1) is 19.8 Å². The standard InChI is InChI=1S/C11H24N2O3S/c1-3-15-7-4-5-12-11(17)13-6-8-16-10-9-14-2/h3-10H2,1-2H3,(H2,12,13,17). The smallest absolute Gasteiger partial charge is 0.166 e. The first-order valence-corrected chi connectivity index (χ1v) is 6.38. The predicted molar refractivity (Wildman–Crippen MR) is 72.4 cm³/mol. The molecule has 0 amide bonds. The third-order valence-electron chi connectivity index (χ3n) is 1.92. The fourth-order valence-corrected chi connectivity index (χ4v) is 1.27. The van der Waals surface area contributed by atoms with E-state index >= 15 is 0 Å². The van der Waals surface area contributed by atoms with Crippen molar-refractivity contribution in [2.45, 2.75) is 13.3 Å². The zero-order chi connectivity index (χ0) is 12.8. The van der Waals surface area contributed by atoms with Gasteiger partial charge in [0.15, 0.2) is 5.11 Å². The lowest BCUT2D eigenvalue weighted by atomic mass is 10.4. The van der Waals surface area contributed by atoms with Crippen LogP contribution in [0.15, 0.2) is 0 Å². The third-order valence-corrected chi connectivity index (χ3v) is 2.21. The van der Waals surface area contributed by atoms with E-state index in [-0.39, 0.29) is 0 Å². The fraction of sp³-hybridized carbons (Fsp3) is 0.909. The molecule has 0 fully saturated rings. The van der Waals surface area contributed by atoms with Crippen LogP contribution in [0, 0.1) is 0 Å². The lowest BCUT2D eigenvalue weighted by molar-refractivity contribution is 0.0734. The SMILES string of the molecule is CCOCCCNC(=S)NCCOCCOC. The molecule has 0 rings (SSSR count). The average molecular weight is 264 g/mol. The van der Waals surface area contributed by atoms with Crippen molar-refractivity contribution < 1.29 is 14.2 Å². The molecule has 6 heteroatoms. The van der Waals surface area contributed by atoms with Crippen molar-refractivity contribution in [1.82, 2.24) is 10.6 Å². The maximum Gasteiger partial charge on any atom is 0.166 e. The summed E-state index contributed by atoms with van der Waals surface area (Å²) in [6, 6.07) is 0. The Balaban J connectivity index is 3.12. The summed E-state index contributed by atoms with van der Waals surface area (Å²) >= 11 is 5.09. The fourth-order valence-electron chi connectivity index (χ4n) is 1.06. The second-order valence-electron chi connectivity index (χ2n) is 3.34. The Bertz CT molecular complexity index is 182. The predicted octanol–water partition coefficient (Wildman–Crippen LogP) is 0.540. The molecule has 5 nitrogen and oxygen atoms in total. The van der Waals surface area contributed by atoms with Gasteiger partial charge in [0.2, 0.25) is 0 Å². The Morgan fingerprint density at radius 2 is 1.76 bits per heavy atom. The maximum atomic E-state index is 5.29. The molecule has 0 aliphatic carbocycles. The van der Waals surface area contributed by atoms with Gasteiger partial charge in [0.1, 0.15) is 0 Å². The van der Waals surface area contributed by atoms with E-state index in [4.69, 9.17) is 26.4 Å². The van der Waals surface area contributed by atoms with Crippen LogP contribution < -0.4 is 10.6 Å². The number of rotatable bonds is 11. The van der Waals surface area contributed by atoms with Crippen molar-refractivity contribution in [3.8, 4) is 0 Å². The van der Waals surface area contributed by atoms with Crippen LogP contribution >= 0.6 is 12.2 Å². The lowest BCUT2D eigenvalue weighted by Crippen LogP contribution is -2.37. The molecule has 0 spiro atoms. The minimum absolute atomic E-state index is 0.618. The van der Waals surface area contributed by atoms with Gasteiger partial charge in [-0.2, -0.15) is 0 Å². The molecular formula is C11H24N2O3S. The normalized spacial score (nSPS) is 10.2. The summed E-state index contributed by atoms with van der Waals surface area (Å²) in [5.41, 5.74) is 0. The van der Waals surface area contributed by atoms with Gasteiger partial charge in [-0.25, -0.2) is 0 Å². The van der Waals surface area contributed by atoms with Crippen molar-refractivity contribution >= 4 is 17.3 Å². The molecule has 102 valence electrons. The molecule has 0 aliphatic rings. The minimum atomic E-state index is 0.618. The summed E-state index contributed by atoms with van der Waals surface area (Å²) < 4.78 is 15.4. The number of hydrogen-bond donors (Lipinski definition) is 2. The van der Waals surface area contributed by atoms with Crippen molar-refractivity contribution in [2.24, 2.45) is 0 Å². The molecule has 17 heavy (non-hydrogen) atoms. The van der Waals surface area contributed by atoms with Crippen LogP contribution in [0.2, 0.25) is 0 Å². The molecule has 0 bridgehead atoms. The first-order chi connectivity index (χ1) is 8.31. The van der Waals surface area contributed by atoms with E-state index in [1.807, 2.05) is 6.92 Å². The Morgan fingerprint density at radius 1 is 1.00 bits per heavy atom. The van der Waals surface area contributed by atoms with E-state index in [9.17, 15) is 0 Å². The summed E-state index contributed by atoms with van der Waals surface area (Å²) in [6.45, 7) is 6.94. The molecule has 0 aromatic rings. The molecule has 0 saturated heterocycles. The van der Waals surface area contributed by atoms with Gasteiger partial charge in [0.25, 0.3) is 0 Å². The molecule has 0 atom stereocenters. The Morgan fingerprint density at radius 3 is 2.47 bits per heavy atom. The molecule has 2 N–H and O–H groups in total. The summed E-state index contributed by atoms with van der Waals surface area (Å²) in [6.07, 6.45) is 0.958. The van der Waals surface area contributed by atoms with Crippen LogP contribution in [-0.2, 0) is 14.2 Å². The van der Waals surface area contributed by atoms with E-state index < -0.39 is 0 Å². The Hall–Kier alpha value is -0.430. The monoisotopic (exact) mass is 264 g/mol. The summed E-state index contributed by atoms with van der Waals surface area (Å²) in [5, 5.41) is 6.83. The van der Waals surface area contributed by atoms with Crippen LogP contribution in [0.3, 0.4) is 0 Å². The Kier molecular flexibility index (Phi) is 13.3. The van der Waals surface area contributed by atoms with Crippen LogP contribution in [0.4, 0.5) is 0 Å². The molecule has 0 unspecified atom stereocenters. The number of methoxy groups -OCH3 is 1. The summed E-state index contributed by atoms with van der Waals surface area (Å²) in [7, 11) is 1.66. The number of ether oxygens (including phenoxy) is 3.